The predicted octanol–water partition coefficient (Wildman–Crippen LogP) is 1.24. The Balaban J connectivity index is 3.01. The molecule has 1 atom stereocenters. The van der Waals surface area contributed by atoms with Crippen molar-refractivity contribution in [1.82, 2.24) is 9.78 Å². The van der Waals surface area contributed by atoms with Gasteiger partial charge >= 0.3 is 0 Å². The Morgan fingerprint density at radius 2 is 2.19 bits per heavy atom. The van der Waals surface area contributed by atoms with E-state index in [-0.39, 0.29) is 12.0 Å². The lowest BCUT2D eigenvalue weighted by atomic mass is 9.86. The smallest absolute Gasteiger partial charge is 0.0766 e. The highest BCUT2D eigenvalue weighted by atomic mass is 79.9. The van der Waals surface area contributed by atoms with Crippen LogP contribution in [0.25, 0.3) is 0 Å². The quantitative estimate of drug-likeness (QED) is 0.857. The van der Waals surface area contributed by atoms with Gasteiger partial charge in [-0.15, -0.1) is 0 Å². The first kappa shape index (κ1) is 13.7. The van der Waals surface area contributed by atoms with E-state index < -0.39 is 0 Å². The van der Waals surface area contributed by atoms with Crippen molar-refractivity contribution in [1.29, 1.82) is 0 Å². The third-order valence-corrected chi connectivity index (χ3v) is 3.89. The number of aliphatic hydroxyl groups is 1. The maximum absolute atomic E-state index is 9.37. The number of hydrogen-bond acceptors (Lipinski definition) is 3. The van der Waals surface area contributed by atoms with Crippen LogP contribution in [0.5, 0.6) is 0 Å². The number of hydrogen-bond donors (Lipinski definition) is 2. The van der Waals surface area contributed by atoms with Crippen LogP contribution in [0.15, 0.2) is 4.47 Å². The van der Waals surface area contributed by atoms with Crippen LogP contribution in [0.1, 0.15) is 25.2 Å². The van der Waals surface area contributed by atoms with E-state index in [1.807, 2.05) is 18.7 Å². The molecule has 0 saturated carbocycles. The Morgan fingerprint density at radius 3 is 2.56 bits per heavy atom. The van der Waals surface area contributed by atoms with Gasteiger partial charge in [0.1, 0.15) is 0 Å². The maximum atomic E-state index is 9.37. The van der Waals surface area contributed by atoms with Gasteiger partial charge in [0.2, 0.25) is 0 Å². The molecule has 0 spiro atoms. The van der Waals surface area contributed by atoms with Crippen LogP contribution in [0.2, 0.25) is 0 Å². The minimum atomic E-state index is -0.276. The van der Waals surface area contributed by atoms with Crippen LogP contribution >= 0.6 is 15.9 Å². The molecule has 4 nitrogen and oxygen atoms in total. The first-order valence-electron chi connectivity index (χ1n) is 5.48. The molecule has 0 bridgehead atoms. The number of aliphatic hydroxyl groups excluding tert-OH is 1. The van der Waals surface area contributed by atoms with Crippen LogP contribution in [0.4, 0.5) is 0 Å². The Kier molecular flexibility index (Phi) is 4.52. The zero-order valence-corrected chi connectivity index (χ0v) is 11.7. The van der Waals surface area contributed by atoms with Gasteiger partial charge in [-0.3, -0.25) is 4.68 Å². The number of aryl methyl sites for hydroxylation is 2. The fourth-order valence-electron chi connectivity index (χ4n) is 1.61. The van der Waals surface area contributed by atoms with Crippen LogP contribution in [0, 0.1) is 5.41 Å². The van der Waals surface area contributed by atoms with Gasteiger partial charge in [-0.05, 0) is 28.8 Å². The van der Waals surface area contributed by atoms with Gasteiger partial charge in [-0.25, -0.2) is 0 Å². The first-order valence-corrected chi connectivity index (χ1v) is 6.28. The zero-order chi connectivity index (χ0) is 12.3. The van der Waals surface area contributed by atoms with Crippen molar-refractivity contribution >= 4 is 15.9 Å². The molecule has 0 amide bonds. The average Bonchev–Trinajstić information content (AvgIpc) is 2.56. The molecule has 0 radical (unpaired) electrons. The standard InChI is InChI=1S/C11H20BrN3O/c1-4-8-10(12)9(15(3)14-8)5-11(2,6-13)7-16/h16H,4-7,13H2,1-3H3. The summed E-state index contributed by atoms with van der Waals surface area (Å²) in [5.74, 6) is 0. The van der Waals surface area contributed by atoms with Crippen LogP contribution in [0.3, 0.4) is 0 Å². The zero-order valence-electron chi connectivity index (χ0n) is 10.1. The fourth-order valence-corrected chi connectivity index (χ4v) is 2.37. The summed E-state index contributed by atoms with van der Waals surface area (Å²) in [5, 5.41) is 13.8. The van der Waals surface area contributed by atoms with E-state index in [0.717, 1.165) is 28.7 Å². The Labute approximate surface area is 105 Å². The summed E-state index contributed by atoms with van der Waals surface area (Å²) in [4.78, 5) is 0. The van der Waals surface area contributed by atoms with Gasteiger partial charge in [-0.2, -0.15) is 5.10 Å². The summed E-state index contributed by atoms with van der Waals surface area (Å²) in [6, 6.07) is 0. The number of aromatic nitrogens is 2. The van der Waals surface area contributed by atoms with Gasteiger partial charge in [0.05, 0.1) is 22.5 Å². The summed E-state index contributed by atoms with van der Waals surface area (Å²) in [7, 11) is 1.92. The van der Waals surface area contributed by atoms with Crippen LogP contribution in [-0.4, -0.2) is 28.0 Å². The molecule has 1 aromatic heterocycles. The predicted molar refractivity (Wildman–Crippen MR) is 68.2 cm³/mol. The minimum absolute atomic E-state index is 0.0859. The molecule has 0 aromatic carbocycles. The van der Waals surface area contributed by atoms with E-state index in [2.05, 4.69) is 28.0 Å². The van der Waals surface area contributed by atoms with Gasteiger partial charge in [-0.1, -0.05) is 13.8 Å². The lowest BCUT2D eigenvalue weighted by molar-refractivity contribution is 0.147. The van der Waals surface area contributed by atoms with E-state index in [4.69, 9.17) is 5.73 Å². The molecule has 1 rings (SSSR count). The SMILES string of the molecule is CCc1nn(C)c(CC(C)(CN)CO)c1Br. The lowest BCUT2D eigenvalue weighted by Crippen LogP contribution is -2.34. The summed E-state index contributed by atoms with van der Waals surface area (Å²) >= 11 is 3.57. The first-order chi connectivity index (χ1) is 7.47. The Hall–Kier alpha value is -0.390. The molecule has 0 aliphatic heterocycles. The maximum Gasteiger partial charge on any atom is 0.0766 e. The van der Waals surface area contributed by atoms with E-state index in [0.29, 0.717) is 6.54 Å². The Morgan fingerprint density at radius 1 is 1.56 bits per heavy atom. The van der Waals surface area contributed by atoms with Crippen molar-refractivity contribution in [3.63, 3.8) is 0 Å². The highest BCUT2D eigenvalue weighted by molar-refractivity contribution is 9.10. The molecule has 5 heteroatoms. The van der Waals surface area contributed by atoms with Gasteiger partial charge in [0.15, 0.2) is 0 Å². The van der Waals surface area contributed by atoms with Crippen molar-refractivity contribution in [3.05, 3.63) is 15.9 Å². The highest BCUT2D eigenvalue weighted by Gasteiger charge is 2.26. The molecule has 0 fully saturated rings. The van der Waals surface area contributed by atoms with Gasteiger partial charge in [0.25, 0.3) is 0 Å². The highest BCUT2D eigenvalue weighted by Crippen LogP contribution is 2.28. The van der Waals surface area contributed by atoms with Crippen LogP contribution < -0.4 is 5.73 Å². The average molecular weight is 290 g/mol. The Bertz CT molecular complexity index is 358. The van der Waals surface area contributed by atoms with E-state index in [1.165, 1.54) is 0 Å². The molecule has 1 aromatic rings. The molecule has 92 valence electrons. The van der Waals surface area contributed by atoms with E-state index >= 15 is 0 Å². The van der Waals surface area contributed by atoms with Gasteiger partial charge < -0.3 is 10.8 Å². The van der Waals surface area contributed by atoms with Crippen LogP contribution in [-0.2, 0) is 19.9 Å². The molecule has 0 aliphatic carbocycles. The normalized spacial score (nSPS) is 15.1. The fraction of sp³-hybridized carbons (Fsp3) is 0.727. The van der Waals surface area contributed by atoms with Crippen molar-refractivity contribution < 1.29 is 5.11 Å². The second-order valence-corrected chi connectivity index (χ2v) is 5.33. The summed E-state index contributed by atoms with van der Waals surface area (Å²) in [6.45, 7) is 4.61. The second-order valence-electron chi connectivity index (χ2n) is 4.53. The lowest BCUT2D eigenvalue weighted by Gasteiger charge is -2.25. The molecular weight excluding hydrogens is 270 g/mol. The molecule has 0 aliphatic rings. The van der Waals surface area contributed by atoms with Crippen molar-refractivity contribution in [2.24, 2.45) is 18.2 Å². The largest absolute Gasteiger partial charge is 0.396 e. The number of rotatable bonds is 5. The molecule has 1 heterocycles. The molecule has 0 saturated heterocycles. The summed E-state index contributed by atoms with van der Waals surface area (Å²) < 4.78 is 2.91. The molecule has 3 N–H and O–H groups in total. The summed E-state index contributed by atoms with van der Waals surface area (Å²) in [6.07, 6.45) is 1.62. The molecular formula is C11H20BrN3O. The van der Waals surface area contributed by atoms with E-state index in [1.54, 1.807) is 0 Å². The number of nitrogens with two attached hydrogens (primary N) is 1. The van der Waals surface area contributed by atoms with Crippen molar-refractivity contribution in [2.75, 3.05) is 13.2 Å². The van der Waals surface area contributed by atoms with E-state index in [9.17, 15) is 5.11 Å². The minimum Gasteiger partial charge on any atom is -0.396 e. The molecule has 16 heavy (non-hydrogen) atoms. The monoisotopic (exact) mass is 289 g/mol. The van der Waals surface area contributed by atoms with Crippen molar-refractivity contribution in [2.45, 2.75) is 26.7 Å². The van der Waals surface area contributed by atoms with Gasteiger partial charge in [0, 0.05) is 19.0 Å². The molecule has 1 unspecified atom stereocenters. The van der Waals surface area contributed by atoms with Crippen molar-refractivity contribution in [3.8, 4) is 0 Å². The second kappa shape index (κ2) is 5.29. The third kappa shape index (κ3) is 2.64. The summed E-state index contributed by atoms with van der Waals surface area (Å²) in [5.41, 5.74) is 7.57. The number of halogens is 1. The third-order valence-electron chi connectivity index (χ3n) is 2.97. The topological polar surface area (TPSA) is 64.1 Å². The number of nitrogens with zero attached hydrogens (tertiary/aromatic N) is 2.